The van der Waals surface area contributed by atoms with E-state index in [0.29, 0.717) is 17.5 Å². The molecular formula is C90H54N12. The monoisotopic (exact) mass is 1300 g/mol. The summed E-state index contributed by atoms with van der Waals surface area (Å²) in [4.78, 5) is 31.9. The molecule has 9 aromatic heterocycles. The molecule has 0 fully saturated rings. The third-order valence-corrected chi connectivity index (χ3v) is 20.8. The van der Waals surface area contributed by atoms with Crippen molar-refractivity contribution in [3.05, 3.63) is 328 Å². The molecule has 0 N–H and O–H groups in total. The van der Waals surface area contributed by atoms with E-state index < -0.39 is 0 Å². The molecule has 13 aromatic carbocycles. The number of nitrogens with zero attached hydrogens (tertiary/aromatic N) is 12. The molecule has 0 amide bonds. The van der Waals surface area contributed by atoms with Gasteiger partial charge in [-0.1, -0.05) is 164 Å². The third kappa shape index (κ3) is 8.25. The van der Waals surface area contributed by atoms with Crippen LogP contribution in [0, 0.1) is 0 Å². The fraction of sp³-hybridized carbons (Fsp3) is 0. The molecule has 0 saturated heterocycles. The lowest BCUT2D eigenvalue weighted by atomic mass is 10.0. The number of rotatable bonds is 9. The summed E-state index contributed by atoms with van der Waals surface area (Å²) in [6.45, 7) is 0. The third-order valence-electron chi connectivity index (χ3n) is 20.8. The Morgan fingerprint density at radius 1 is 0.167 bits per heavy atom. The van der Waals surface area contributed by atoms with Gasteiger partial charge in [-0.2, -0.15) is 0 Å². The van der Waals surface area contributed by atoms with Gasteiger partial charge in [-0.05, 0) is 146 Å². The van der Waals surface area contributed by atoms with Crippen LogP contribution in [0.25, 0.3) is 200 Å². The topological polar surface area (TPSA) is 107 Å². The SMILES string of the molecule is c1ccc2c(c1)c1ccccc1n2-c1ccc2c(c1)c1ccccc1n2-c1ccnc(-c2cc(-c3nccc(-n4c5ccccc5c5cc(-n6c7ccccc7c7ccccc76)ccc54)n3)cc(-c3nccc(-n4c5ccccc5c5cc(-n6c7ccccc7c7ccccc76)ccc54)n3)c2)n1. The standard InChI is InChI=1S/C90H54N12/c1-10-28-73-61(19-1)62-20-2-11-29-74(62)97(73)58-37-40-82-70(52-58)67-25-7-16-34-79(67)100(82)85-43-46-91-88(94-85)55-49-56(89-92-47-44-86(95-89)101-80-35-17-8-26-68(80)71-53-59(38-41-83(71)101)98-75-30-12-3-21-63(75)64-22-4-13-31-76(64)98)51-57(50-55)90-93-48-45-87(96-90)102-81-36-18-9-27-69(81)72-54-60(39-42-84(72)102)99-77-32-14-5-23-65(77)66-24-6-15-33-78(66)99/h1-54H. The van der Waals surface area contributed by atoms with Gasteiger partial charge in [-0.3, -0.25) is 13.7 Å². The molecule has 0 aliphatic carbocycles. The van der Waals surface area contributed by atoms with Crippen molar-refractivity contribution in [2.24, 2.45) is 0 Å². The molecule has 0 spiro atoms. The molecular weight excluding hydrogens is 1250 g/mol. The zero-order valence-corrected chi connectivity index (χ0v) is 54.5. The minimum atomic E-state index is 0.513. The van der Waals surface area contributed by atoms with Crippen LogP contribution in [-0.4, -0.2) is 57.3 Å². The normalized spacial score (nSPS) is 12.1. The summed E-state index contributed by atoms with van der Waals surface area (Å²) in [5.41, 5.74) is 18.6. The van der Waals surface area contributed by atoms with E-state index in [9.17, 15) is 0 Å². The Balaban J connectivity index is 0.710. The fourth-order valence-electron chi connectivity index (χ4n) is 16.5. The molecule has 102 heavy (non-hydrogen) atoms. The van der Waals surface area contributed by atoms with E-state index in [1.807, 2.05) is 36.8 Å². The smallest absolute Gasteiger partial charge is 0.161 e. The Bertz CT molecular complexity index is 6440. The molecule has 0 saturated carbocycles. The zero-order valence-electron chi connectivity index (χ0n) is 54.5. The van der Waals surface area contributed by atoms with Crippen LogP contribution >= 0.6 is 0 Å². The van der Waals surface area contributed by atoms with Gasteiger partial charge in [0, 0.05) is 117 Å². The average Bonchev–Trinajstić information content (AvgIpc) is 1.58. The molecule has 0 aliphatic rings. The quantitative estimate of drug-likeness (QED) is 0.142. The number of aromatic nitrogens is 12. The molecule has 0 radical (unpaired) electrons. The van der Waals surface area contributed by atoms with E-state index in [-0.39, 0.29) is 0 Å². The summed E-state index contributed by atoms with van der Waals surface area (Å²) in [6.07, 6.45) is 5.57. The van der Waals surface area contributed by atoms with E-state index in [0.717, 1.165) is 150 Å². The fourth-order valence-corrected chi connectivity index (χ4v) is 16.5. The van der Waals surface area contributed by atoms with Gasteiger partial charge in [0.1, 0.15) is 17.5 Å². The summed E-state index contributed by atoms with van der Waals surface area (Å²) in [5.74, 6) is 3.70. The maximum Gasteiger partial charge on any atom is 0.161 e. The predicted molar refractivity (Wildman–Crippen MR) is 416 cm³/mol. The first-order chi connectivity index (χ1) is 50.6. The highest BCUT2D eigenvalue weighted by Crippen LogP contribution is 2.42. The minimum Gasteiger partial charge on any atom is -0.309 e. The molecule has 22 aromatic rings. The van der Waals surface area contributed by atoms with Crippen LogP contribution < -0.4 is 0 Å². The van der Waals surface area contributed by atoms with E-state index >= 15 is 0 Å². The summed E-state index contributed by atoms with van der Waals surface area (Å²) in [6, 6.07) is 110. The Hall–Kier alpha value is -14.1. The van der Waals surface area contributed by atoms with Gasteiger partial charge < -0.3 is 13.7 Å². The van der Waals surface area contributed by atoms with Gasteiger partial charge in [0.05, 0.1) is 66.2 Å². The molecule has 0 aliphatic heterocycles. The predicted octanol–water partition coefficient (Wildman–Crippen LogP) is 21.6. The second-order valence-corrected chi connectivity index (χ2v) is 26.3. The lowest BCUT2D eigenvalue weighted by Crippen LogP contribution is -2.03. The number of para-hydroxylation sites is 9. The highest BCUT2D eigenvalue weighted by molar-refractivity contribution is 6.16. The molecule has 474 valence electrons. The Morgan fingerprint density at radius 3 is 0.598 bits per heavy atom. The van der Waals surface area contributed by atoms with Gasteiger partial charge in [-0.25, -0.2) is 29.9 Å². The van der Waals surface area contributed by atoms with E-state index in [4.69, 9.17) is 29.9 Å². The molecule has 0 unspecified atom stereocenters. The van der Waals surface area contributed by atoms with Crippen LogP contribution in [0.4, 0.5) is 0 Å². The number of fused-ring (bicyclic) bond motifs is 18. The van der Waals surface area contributed by atoms with Crippen LogP contribution in [0.1, 0.15) is 0 Å². The van der Waals surface area contributed by atoms with Crippen molar-refractivity contribution in [2.75, 3.05) is 0 Å². The van der Waals surface area contributed by atoms with Crippen molar-refractivity contribution in [1.29, 1.82) is 0 Å². The lowest BCUT2D eigenvalue weighted by Gasteiger charge is -2.13. The van der Waals surface area contributed by atoms with E-state index in [2.05, 4.69) is 319 Å². The number of hydrogen-bond donors (Lipinski definition) is 0. The van der Waals surface area contributed by atoms with Crippen LogP contribution in [0.3, 0.4) is 0 Å². The number of benzene rings is 13. The highest BCUT2D eigenvalue weighted by Gasteiger charge is 2.24. The van der Waals surface area contributed by atoms with Crippen LogP contribution in [0.5, 0.6) is 0 Å². The highest BCUT2D eigenvalue weighted by atomic mass is 15.1. The van der Waals surface area contributed by atoms with Crippen LogP contribution in [0.15, 0.2) is 328 Å². The van der Waals surface area contributed by atoms with Crippen molar-refractivity contribution in [3.8, 4) is 68.7 Å². The molecule has 22 rings (SSSR count). The minimum absolute atomic E-state index is 0.513. The number of hydrogen-bond acceptors (Lipinski definition) is 6. The molecule has 0 atom stereocenters. The first-order valence-electron chi connectivity index (χ1n) is 34.3. The summed E-state index contributed by atoms with van der Waals surface area (Å²) in [5, 5.41) is 14.0. The Kier molecular flexibility index (Phi) is 11.9. The Labute approximate surface area is 581 Å². The zero-order chi connectivity index (χ0) is 66.7. The van der Waals surface area contributed by atoms with Crippen molar-refractivity contribution < 1.29 is 0 Å². The maximum absolute atomic E-state index is 5.53. The van der Waals surface area contributed by atoms with Gasteiger partial charge in [-0.15, -0.1) is 0 Å². The van der Waals surface area contributed by atoms with Gasteiger partial charge in [0.2, 0.25) is 0 Å². The molecule has 0 bridgehead atoms. The van der Waals surface area contributed by atoms with Crippen molar-refractivity contribution in [2.45, 2.75) is 0 Å². The second-order valence-electron chi connectivity index (χ2n) is 26.3. The van der Waals surface area contributed by atoms with Crippen molar-refractivity contribution in [1.82, 2.24) is 57.3 Å². The largest absolute Gasteiger partial charge is 0.309 e. The summed E-state index contributed by atoms with van der Waals surface area (Å²) < 4.78 is 13.9. The first-order valence-corrected chi connectivity index (χ1v) is 34.3. The van der Waals surface area contributed by atoms with Gasteiger partial charge in [0.15, 0.2) is 17.5 Å². The van der Waals surface area contributed by atoms with Gasteiger partial charge in [0.25, 0.3) is 0 Å². The van der Waals surface area contributed by atoms with Gasteiger partial charge >= 0.3 is 0 Å². The molecule has 12 nitrogen and oxygen atoms in total. The van der Waals surface area contributed by atoms with Crippen molar-refractivity contribution >= 4 is 131 Å². The molecule has 9 heterocycles. The second kappa shape index (κ2) is 21.7. The molecule has 12 heteroatoms. The first kappa shape index (κ1) is 56.0. The van der Waals surface area contributed by atoms with Crippen LogP contribution in [-0.2, 0) is 0 Å². The van der Waals surface area contributed by atoms with Crippen molar-refractivity contribution in [3.63, 3.8) is 0 Å². The van der Waals surface area contributed by atoms with E-state index in [1.165, 1.54) is 32.3 Å². The summed E-state index contributed by atoms with van der Waals surface area (Å²) >= 11 is 0. The maximum atomic E-state index is 5.53. The van der Waals surface area contributed by atoms with E-state index in [1.54, 1.807) is 0 Å². The lowest BCUT2D eigenvalue weighted by molar-refractivity contribution is 1.04. The average molecular weight is 1300 g/mol. The van der Waals surface area contributed by atoms with Crippen LogP contribution in [0.2, 0.25) is 0 Å². The summed E-state index contributed by atoms with van der Waals surface area (Å²) in [7, 11) is 0. The Morgan fingerprint density at radius 2 is 0.363 bits per heavy atom.